The summed E-state index contributed by atoms with van der Waals surface area (Å²) < 4.78 is 11.9. The molecule has 0 aliphatic rings. The van der Waals surface area contributed by atoms with Crippen LogP contribution in [0.4, 0.5) is 0 Å². The van der Waals surface area contributed by atoms with Gasteiger partial charge in [-0.25, -0.2) is 10.8 Å². The third-order valence-electron chi connectivity index (χ3n) is 2.54. The van der Waals surface area contributed by atoms with Crippen molar-refractivity contribution in [1.29, 1.82) is 0 Å². The van der Waals surface area contributed by atoms with Gasteiger partial charge >= 0.3 is 0 Å². The van der Waals surface area contributed by atoms with Crippen molar-refractivity contribution in [2.45, 2.75) is 11.8 Å². The summed E-state index contributed by atoms with van der Waals surface area (Å²) in [6.45, 7) is 1.79. The zero-order chi connectivity index (χ0) is 13.1. The second-order valence-electron chi connectivity index (χ2n) is 3.64. The first-order valence-electron chi connectivity index (χ1n) is 5.46. The van der Waals surface area contributed by atoms with Crippen molar-refractivity contribution in [2.24, 2.45) is 5.84 Å². The number of fused-ring (bicyclic) bond motifs is 1. The highest BCUT2D eigenvalue weighted by molar-refractivity contribution is 7.91. The van der Waals surface area contributed by atoms with Crippen LogP contribution in [0.5, 0.6) is 0 Å². The molecular weight excluding hydrogens is 250 g/mol. The fourth-order valence-corrected chi connectivity index (χ4v) is 2.58. The predicted octanol–water partition coefficient (Wildman–Crippen LogP) is 0.966. The highest BCUT2D eigenvalue weighted by Crippen LogP contribution is 2.21. The van der Waals surface area contributed by atoms with Crippen molar-refractivity contribution in [3.8, 4) is 0 Å². The lowest BCUT2D eigenvalue weighted by atomic mass is 10.2. The van der Waals surface area contributed by atoms with E-state index in [-0.39, 0.29) is 5.69 Å². The van der Waals surface area contributed by atoms with E-state index in [1.165, 1.54) is 0 Å². The first-order valence-corrected chi connectivity index (χ1v) is 6.78. The second kappa shape index (κ2) is 5.34. The molecule has 0 radical (unpaired) electrons. The first-order chi connectivity index (χ1) is 8.67. The average molecular weight is 263 g/mol. The number of hydrazine groups is 1. The maximum absolute atomic E-state index is 11.9. The summed E-state index contributed by atoms with van der Waals surface area (Å²) in [6.07, 6.45) is 0. The number of hydrogen-bond acceptors (Lipinski definition) is 4. The van der Waals surface area contributed by atoms with Gasteiger partial charge in [-0.3, -0.25) is 10.2 Å². The summed E-state index contributed by atoms with van der Waals surface area (Å²) in [7, 11) is 0. The van der Waals surface area contributed by atoms with Gasteiger partial charge in [0.05, 0.1) is 5.52 Å². The largest absolute Gasteiger partial charge is 0.611 e. The molecule has 1 amide bonds. The molecule has 94 valence electrons. The van der Waals surface area contributed by atoms with Crippen LogP contribution in [0.3, 0.4) is 0 Å². The Morgan fingerprint density at radius 3 is 2.89 bits per heavy atom. The number of rotatable bonds is 3. The fourth-order valence-electron chi connectivity index (χ4n) is 1.66. The number of aromatic nitrogens is 1. The number of para-hydroxylation sites is 1. The van der Waals surface area contributed by atoms with E-state index in [9.17, 15) is 9.35 Å². The van der Waals surface area contributed by atoms with Crippen LogP contribution in [0.1, 0.15) is 17.4 Å². The predicted molar refractivity (Wildman–Crippen MR) is 70.3 cm³/mol. The van der Waals surface area contributed by atoms with E-state index < -0.39 is 17.1 Å². The molecule has 0 spiro atoms. The van der Waals surface area contributed by atoms with Crippen LogP contribution in [0.15, 0.2) is 35.2 Å². The highest BCUT2D eigenvalue weighted by atomic mass is 32.2. The van der Waals surface area contributed by atoms with Crippen LogP contribution in [0.25, 0.3) is 10.9 Å². The van der Waals surface area contributed by atoms with Gasteiger partial charge in [-0.2, -0.15) is 0 Å². The molecule has 5 nitrogen and oxygen atoms in total. The number of carbonyl (C=O) groups is 1. The second-order valence-corrected chi connectivity index (χ2v) is 5.34. The van der Waals surface area contributed by atoms with Gasteiger partial charge in [-0.15, -0.1) is 0 Å². The van der Waals surface area contributed by atoms with Crippen LogP contribution in [0, 0.1) is 0 Å². The fraction of sp³-hybridized carbons (Fsp3) is 0.167. The monoisotopic (exact) mass is 263 g/mol. The van der Waals surface area contributed by atoms with Crippen LogP contribution in [0.2, 0.25) is 0 Å². The van der Waals surface area contributed by atoms with Crippen molar-refractivity contribution >= 4 is 28.0 Å². The van der Waals surface area contributed by atoms with Gasteiger partial charge in [0.2, 0.25) is 0 Å². The number of amides is 1. The molecule has 0 aliphatic carbocycles. The van der Waals surface area contributed by atoms with Gasteiger partial charge in [-0.1, -0.05) is 18.2 Å². The van der Waals surface area contributed by atoms with Gasteiger partial charge in [-0.05, 0) is 24.2 Å². The summed E-state index contributed by atoms with van der Waals surface area (Å²) in [6, 6.07) is 9.08. The Labute approximate surface area is 108 Å². The molecule has 18 heavy (non-hydrogen) atoms. The summed E-state index contributed by atoms with van der Waals surface area (Å²) in [5.41, 5.74) is 2.83. The minimum Gasteiger partial charge on any atom is -0.611 e. The Bertz CT molecular complexity index is 589. The Morgan fingerprint density at radius 2 is 2.22 bits per heavy atom. The van der Waals surface area contributed by atoms with Crippen molar-refractivity contribution in [3.63, 3.8) is 0 Å². The van der Waals surface area contributed by atoms with E-state index in [4.69, 9.17) is 5.84 Å². The topological polar surface area (TPSA) is 91.1 Å². The maximum atomic E-state index is 11.9. The molecule has 0 saturated carbocycles. The SMILES string of the molecule is CC[S+]([O-])c1cc2ccccc2nc1C(=O)NN. The van der Waals surface area contributed by atoms with Crippen LogP contribution in [-0.4, -0.2) is 21.2 Å². The number of pyridine rings is 1. The molecule has 1 heterocycles. The number of nitrogen functional groups attached to an aromatic ring is 1. The summed E-state index contributed by atoms with van der Waals surface area (Å²) in [5.74, 6) is 5.01. The van der Waals surface area contributed by atoms with Crippen LogP contribution < -0.4 is 11.3 Å². The number of nitrogens with one attached hydrogen (secondary N) is 1. The normalized spacial score (nSPS) is 12.4. The number of nitrogens with zero attached hydrogens (tertiary/aromatic N) is 1. The van der Waals surface area contributed by atoms with Gasteiger partial charge in [0, 0.05) is 11.5 Å². The van der Waals surface area contributed by atoms with E-state index in [1.807, 2.05) is 23.6 Å². The molecule has 0 aliphatic heterocycles. The third kappa shape index (κ3) is 2.31. The van der Waals surface area contributed by atoms with Gasteiger partial charge < -0.3 is 4.55 Å². The van der Waals surface area contributed by atoms with Crippen molar-refractivity contribution in [1.82, 2.24) is 10.4 Å². The zero-order valence-electron chi connectivity index (χ0n) is 9.84. The zero-order valence-corrected chi connectivity index (χ0v) is 10.7. The Balaban J connectivity index is 2.67. The van der Waals surface area contributed by atoms with E-state index in [0.717, 1.165) is 5.39 Å². The minimum atomic E-state index is -1.26. The Kier molecular flexibility index (Phi) is 3.81. The molecule has 1 atom stereocenters. The molecule has 2 rings (SSSR count). The van der Waals surface area contributed by atoms with Crippen molar-refractivity contribution < 1.29 is 9.35 Å². The summed E-state index contributed by atoms with van der Waals surface area (Å²) in [4.78, 5) is 16.3. The quantitative estimate of drug-likeness (QED) is 0.373. The Morgan fingerprint density at radius 1 is 1.50 bits per heavy atom. The third-order valence-corrected chi connectivity index (χ3v) is 3.87. The molecule has 0 fully saturated rings. The number of hydrogen-bond donors (Lipinski definition) is 2. The maximum Gasteiger partial charge on any atom is 0.289 e. The van der Waals surface area contributed by atoms with E-state index in [2.05, 4.69) is 4.98 Å². The molecule has 1 aromatic heterocycles. The smallest absolute Gasteiger partial charge is 0.289 e. The van der Waals surface area contributed by atoms with E-state index >= 15 is 0 Å². The Hall–Kier alpha value is -1.63. The van der Waals surface area contributed by atoms with E-state index in [0.29, 0.717) is 16.2 Å². The number of carbonyl (C=O) groups excluding carboxylic acids is 1. The molecule has 6 heteroatoms. The first kappa shape index (κ1) is 12.8. The molecular formula is C12H13N3O2S. The molecule has 2 aromatic rings. The van der Waals surface area contributed by atoms with Gasteiger partial charge in [0.1, 0.15) is 5.75 Å². The molecule has 1 aromatic carbocycles. The highest BCUT2D eigenvalue weighted by Gasteiger charge is 2.22. The molecule has 0 saturated heterocycles. The molecule has 3 N–H and O–H groups in total. The minimum absolute atomic E-state index is 0.122. The van der Waals surface area contributed by atoms with Crippen LogP contribution >= 0.6 is 0 Å². The molecule has 0 bridgehead atoms. The lowest BCUT2D eigenvalue weighted by Crippen LogP contribution is -2.32. The van der Waals surface area contributed by atoms with Crippen LogP contribution in [-0.2, 0) is 11.2 Å². The lowest BCUT2D eigenvalue weighted by Gasteiger charge is -2.12. The average Bonchev–Trinajstić information content (AvgIpc) is 2.44. The number of nitrogens with two attached hydrogens (primary N) is 1. The van der Waals surface area contributed by atoms with Crippen molar-refractivity contribution in [3.05, 3.63) is 36.0 Å². The molecule has 1 unspecified atom stereocenters. The van der Waals surface area contributed by atoms with Gasteiger partial charge in [0.15, 0.2) is 10.6 Å². The lowest BCUT2D eigenvalue weighted by molar-refractivity contribution is 0.0945. The summed E-state index contributed by atoms with van der Waals surface area (Å²) >= 11 is -1.26. The standard InChI is InChI=1S/C12H13N3O2S/c1-2-18(17)10-7-8-5-3-4-6-9(8)14-11(10)12(16)15-13/h3-7H,2,13H2,1H3,(H,15,16). The summed E-state index contributed by atoms with van der Waals surface area (Å²) in [5, 5.41) is 0.850. The number of benzene rings is 1. The van der Waals surface area contributed by atoms with Crippen molar-refractivity contribution in [2.75, 3.05) is 5.75 Å². The van der Waals surface area contributed by atoms with Gasteiger partial charge in [0.25, 0.3) is 5.91 Å². The van der Waals surface area contributed by atoms with E-state index in [1.54, 1.807) is 19.1 Å².